The molecule has 0 N–H and O–H groups in total. The average Bonchev–Trinajstić information content (AvgIpc) is 2.79. The summed E-state index contributed by atoms with van der Waals surface area (Å²) in [5.74, 6) is -0.700. The molecule has 2 rings (SSSR count). The molecule has 0 aromatic carbocycles. The van der Waals surface area contributed by atoms with Gasteiger partial charge in [-0.1, -0.05) is 0 Å². The zero-order valence-corrected chi connectivity index (χ0v) is 11.2. The molecule has 0 bridgehead atoms. The highest BCUT2D eigenvalue weighted by molar-refractivity contribution is 5.71. The Kier molecular flexibility index (Phi) is 4.29. The second kappa shape index (κ2) is 6.14. The van der Waals surface area contributed by atoms with Crippen molar-refractivity contribution in [3.05, 3.63) is 30.3 Å². The molecule has 0 saturated heterocycles. The zero-order valence-electron chi connectivity index (χ0n) is 11.2. The fourth-order valence-electron chi connectivity index (χ4n) is 1.68. The SMILES string of the molecule is CCOC(=O)COc1cc(-c2ccncc2F)n(C)n1. The summed E-state index contributed by atoms with van der Waals surface area (Å²) in [6, 6.07) is 3.10. The predicted octanol–water partition coefficient (Wildman–Crippen LogP) is 1.56. The minimum Gasteiger partial charge on any atom is -0.465 e. The van der Waals surface area contributed by atoms with E-state index in [0.717, 1.165) is 6.20 Å². The molecule has 106 valence electrons. The fraction of sp³-hybridized carbons (Fsp3) is 0.308. The van der Waals surface area contributed by atoms with E-state index in [0.29, 0.717) is 11.3 Å². The molecular weight excluding hydrogens is 265 g/mol. The predicted molar refractivity (Wildman–Crippen MR) is 68.5 cm³/mol. The molecular formula is C13H14FN3O3. The standard InChI is InChI=1S/C13H14FN3O3/c1-3-19-13(18)8-20-12-6-11(17(2)16-12)9-4-5-15-7-10(9)14/h4-7H,3,8H2,1-2H3. The van der Waals surface area contributed by atoms with Gasteiger partial charge in [-0.05, 0) is 13.0 Å². The third-order valence-electron chi connectivity index (χ3n) is 2.55. The summed E-state index contributed by atoms with van der Waals surface area (Å²) >= 11 is 0. The van der Waals surface area contributed by atoms with Crippen LogP contribution in [-0.2, 0) is 16.6 Å². The van der Waals surface area contributed by atoms with Crippen LogP contribution in [0.1, 0.15) is 6.92 Å². The number of pyridine rings is 1. The number of carbonyl (C=O) groups is 1. The van der Waals surface area contributed by atoms with E-state index in [1.54, 1.807) is 26.1 Å². The van der Waals surface area contributed by atoms with Gasteiger partial charge in [-0.15, -0.1) is 5.10 Å². The molecule has 7 heteroatoms. The second-order valence-electron chi connectivity index (χ2n) is 3.94. The van der Waals surface area contributed by atoms with Crippen molar-refractivity contribution in [3.63, 3.8) is 0 Å². The Hall–Kier alpha value is -2.44. The zero-order chi connectivity index (χ0) is 14.5. The molecule has 0 amide bonds. The van der Waals surface area contributed by atoms with Crippen LogP contribution in [0.15, 0.2) is 24.5 Å². The van der Waals surface area contributed by atoms with Gasteiger partial charge in [0.1, 0.15) is 0 Å². The van der Waals surface area contributed by atoms with Crippen molar-refractivity contribution in [2.45, 2.75) is 6.92 Å². The van der Waals surface area contributed by atoms with Crippen molar-refractivity contribution in [1.29, 1.82) is 0 Å². The molecule has 0 fully saturated rings. The van der Waals surface area contributed by atoms with E-state index in [9.17, 15) is 9.18 Å². The number of aryl methyl sites for hydroxylation is 1. The maximum atomic E-state index is 13.7. The van der Waals surface area contributed by atoms with Gasteiger partial charge in [-0.25, -0.2) is 9.18 Å². The van der Waals surface area contributed by atoms with Gasteiger partial charge in [0.25, 0.3) is 0 Å². The van der Waals surface area contributed by atoms with Crippen LogP contribution in [0.4, 0.5) is 4.39 Å². The van der Waals surface area contributed by atoms with Gasteiger partial charge in [0.2, 0.25) is 5.88 Å². The van der Waals surface area contributed by atoms with Crippen LogP contribution >= 0.6 is 0 Å². The number of hydrogen-bond donors (Lipinski definition) is 0. The highest BCUT2D eigenvalue weighted by atomic mass is 19.1. The van der Waals surface area contributed by atoms with Gasteiger partial charge in [0.05, 0.1) is 18.5 Å². The molecule has 0 spiro atoms. The molecule has 6 nitrogen and oxygen atoms in total. The van der Waals surface area contributed by atoms with E-state index in [1.807, 2.05) is 0 Å². The molecule has 2 heterocycles. The van der Waals surface area contributed by atoms with E-state index in [4.69, 9.17) is 9.47 Å². The smallest absolute Gasteiger partial charge is 0.344 e. The maximum absolute atomic E-state index is 13.7. The average molecular weight is 279 g/mol. The first-order valence-electron chi connectivity index (χ1n) is 6.04. The lowest BCUT2D eigenvalue weighted by molar-refractivity contribution is -0.145. The van der Waals surface area contributed by atoms with Gasteiger partial charge in [0.15, 0.2) is 12.4 Å². The number of carbonyl (C=O) groups excluding carboxylic acids is 1. The van der Waals surface area contributed by atoms with Crippen LogP contribution < -0.4 is 4.74 Å². The largest absolute Gasteiger partial charge is 0.465 e. The number of esters is 1. The van der Waals surface area contributed by atoms with Crippen molar-refractivity contribution < 1.29 is 18.7 Å². The number of nitrogens with zero attached hydrogens (tertiary/aromatic N) is 3. The molecule has 20 heavy (non-hydrogen) atoms. The van der Waals surface area contributed by atoms with E-state index >= 15 is 0 Å². The van der Waals surface area contributed by atoms with Crippen molar-refractivity contribution in [3.8, 4) is 17.1 Å². The van der Waals surface area contributed by atoms with Crippen LogP contribution in [0.2, 0.25) is 0 Å². The van der Waals surface area contributed by atoms with Gasteiger partial charge in [0, 0.05) is 24.9 Å². The van der Waals surface area contributed by atoms with E-state index < -0.39 is 11.8 Å². The molecule has 0 saturated carbocycles. The van der Waals surface area contributed by atoms with Crippen LogP contribution in [0.3, 0.4) is 0 Å². The monoisotopic (exact) mass is 279 g/mol. The Bertz CT molecular complexity index is 613. The number of rotatable bonds is 5. The Labute approximate surface area is 115 Å². The lowest BCUT2D eigenvalue weighted by atomic mass is 10.2. The summed E-state index contributed by atoms with van der Waals surface area (Å²) in [6.45, 7) is 1.77. The Morgan fingerprint density at radius 2 is 2.30 bits per heavy atom. The number of aromatic nitrogens is 3. The minimum atomic E-state index is -0.477. The first-order valence-corrected chi connectivity index (χ1v) is 6.04. The summed E-state index contributed by atoms with van der Waals surface area (Å²) in [6.07, 6.45) is 2.62. The molecule has 0 aliphatic heterocycles. The van der Waals surface area contributed by atoms with Crippen LogP contribution in [0, 0.1) is 5.82 Å². The van der Waals surface area contributed by atoms with Crippen LogP contribution in [-0.4, -0.2) is 33.9 Å². The van der Waals surface area contributed by atoms with E-state index in [1.165, 1.54) is 10.9 Å². The highest BCUT2D eigenvalue weighted by Gasteiger charge is 2.13. The minimum absolute atomic E-state index is 0.228. The topological polar surface area (TPSA) is 66.2 Å². The maximum Gasteiger partial charge on any atom is 0.344 e. The molecule has 2 aromatic heterocycles. The van der Waals surface area contributed by atoms with Crippen molar-refractivity contribution in [2.75, 3.05) is 13.2 Å². The van der Waals surface area contributed by atoms with E-state index in [-0.39, 0.29) is 19.1 Å². The first kappa shape index (κ1) is 14.0. The van der Waals surface area contributed by atoms with Crippen molar-refractivity contribution in [2.24, 2.45) is 7.05 Å². The Morgan fingerprint density at radius 1 is 1.50 bits per heavy atom. The lowest BCUT2D eigenvalue weighted by Crippen LogP contribution is -2.14. The summed E-state index contributed by atoms with van der Waals surface area (Å²) in [5, 5.41) is 4.06. The number of halogens is 1. The van der Waals surface area contributed by atoms with Crippen molar-refractivity contribution in [1.82, 2.24) is 14.8 Å². The molecule has 0 aliphatic carbocycles. The van der Waals surface area contributed by atoms with Gasteiger partial charge < -0.3 is 9.47 Å². The van der Waals surface area contributed by atoms with Gasteiger partial charge >= 0.3 is 5.97 Å². The van der Waals surface area contributed by atoms with Gasteiger partial charge in [-0.3, -0.25) is 9.67 Å². The summed E-state index contributed by atoms with van der Waals surface area (Å²) in [4.78, 5) is 14.9. The molecule has 0 atom stereocenters. The number of hydrogen-bond acceptors (Lipinski definition) is 5. The summed E-state index contributed by atoms with van der Waals surface area (Å²) in [7, 11) is 1.66. The molecule has 0 unspecified atom stereocenters. The molecule has 2 aromatic rings. The third-order valence-corrected chi connectivity index (χ3v) is 2.55. The third kappa shape index (κ3) is 3.11. The lowest BCUT2D eigenvalue weighted by Gasteiger charge is -2.01. The number of ether oxygens (including phenoxy) is 2. The van der Waals surface area contributed by atoms with Crippen molar-refractivity contribution >= 4 is 5.97 Å². The van der Waals surface area contributed by atoms with Gasteiger partial charge in [-0.2, -0.15) is 0 Å². The Balaban J connectivity index is 2.14. The fourth-order valence-corrected chi connectivity index (χ4v) is 1.68. The van der Waals surface area contributed by atoms with Crippen LogP contribution in [0.5, 0.6) is 5.88 Å². The first-order chi connectivity index (χ1) is 9.61. The normalized spacial score (nSPS) is 10.3. The molecule has 0 radical (unpaired) electrons. The van der Waals surface area contributed by atoms with Crippen LogP contribution in [0.25, 0.3) is 11.3 Å². The quantitative estimate of drug-likeness (QED) is 0.777. The molecule has 0 aliphatic rings. The Morgan fingerprint density at radius 3 is 3.00 bits per heavy atom. The van der Waals surface area contributed by atoms with E-state index in [2.05, 4.69) is 10.1 Å². The second-order valence-corrected chi connectivity index (χ2v) is 3.94. The summed E-state index contributed by atoms with van der Waals surface area (Å²) in [5.41, 5.74) is 0.893. The summed E-state index contributed by atoms with van der Waals surface area (Å²) < 4.78 is 25.1. The highest BCUT2D eigenvalue weighted by Crippen LogP contribution is 2.24.